The Morgan fingerprint density at radius 2 is 2.18 bits per heavy atom. The molecule has 0 aliphatic rings. The fourth-order valence-electron chi connectivity index (χ4n) is 1.90. The van der Waals surface area contributed by atoms with E-state index in [4.69, 9.17) is 0 Å². The highest BCUT2D eigenvalue weighted by molar-refractivity contribution is 9.10. The van der Waals surface area contributed by atoms with E-state index >= 15 is 0 Å². The number of carboxylic acid groups (broad SMARTS) is 1. The van der Waals surface area contributed by atoms with Crippen LogP contribution in [-0.2, 0) is 21.4 Å². The molecule has 0 saturated heterocycles. The number of aromatic nitrogens is 2. The normalized spacial score (nSPS) is 10.5. The zero-order chi connectivity index (χ0) is 16.1. The maximum Gasteiger partial charge on any atom is 0.250 e. The summed E-state index contributed by atoms with van der Waals surface area (Å²) < 4.78 is 7.23. The Kier molecular flexibility index (Phi) is 5.29. The summed E-state index contributed by atoms with van der Waals surface area (Å²) in [5.74, 6) is -1.81. The highest BCUT2D eigenvalue weighted by Crippen LogP contribution is 2.29. The maximum absolute atomic E-state index is 11.6. The van der Waals surface area contributed by atoms with Crippen molar-refractivity contribution in [2.24, 2.45) is 7.05 Å². The van der Waals surface area contributed by atoms with Gasteiger partial charge in [-0.3, -0.25) is 9.48 Å². The fourth-order valence-corrected chi connectivity index (χ4v) is 2.48. The number of nitrogens with one attached hydrogen (secondary N) is 1. The number of carboxylic acids is 1. The van der Waals surface area contributed by atoms with Crippen molar-refractivity contribution in [2.45, 2.75) is 0 Å². The third-order valence-corrected chi connectivity index (χ3v) is 3.35. The lowest BCUT2D eigenvalue weighted by Gasteiger charge is -2.09. The Morgan fingerprint density at radius 1 is 1.41 bits per heavy atom. The Bertz CT molecular complexity index is 680. The van der Waals surface area contributed by atoms with Crippen LogP contribution in [0.2, 0.25) is 0 Å². The minimum Gasteiger partial charge on any atom is -0.548 e. The van der Waals surface area contributed by atoms with Crippen LogP contribution in [0.5, 0.6) is 0 Å². The number of halogens is 1. The average Bonchev–Trinajstić information content (AvgIpc) is 2.78. The van der Waals surface area contributed by atoms with E-state index in [1.54, 1.807) is 29.1 Å². The predicted octanol–water partition coefficient (Wildman–Crippen LogP) is 0.555. The van der Waals surface area contributed by atoms with Gasteiger partial charge in [0.1, 0.15) is 6.61 Å². The van der Waals surface area contributed by atoms with Crippen molar-refractivity contribution >= 4 is 33.5 Å². The Hall–Kier alpha value is -2.19. The molecule has 0 fully saturated rings. The van der Waals surface area contributed by atoms with Gasteiger partial charge in [-0.05, 0) is 28.1 Å². The van der Waals surface area contributed by atoms with Crippen molar-refractivity contribution in [2.75, 3.05) is 18.5 Å². The van der Waals surface area contributed by atoms with Gasteiger partial charge in [0.15, 0.2) is 0 Å². The quantitative estimate of drug-likeness (QED) is 0.805. The molecule has 1 N–H and O–H groups in total. The summed E-state index contributed by atoms with van der Waals surface area (Å²) in [5.41, 5.74) is 2.33. The summed E-state index contributed by atoms with van der Waals surface area (Å²) >= 11 is 3.42. The van der Waals surface area contributed by atoms with E-state index in [2.05, 4.69) is 31.1 Å². The van der Waals surface area contributed by atoms with Gasteiger partial charge in [0.25, 0.3) is 0 Å². The molecule has 116 valence electrons. The lowest BCUT2D eigenvalue weighted by Crippen LogP contribution is -2.29. The molecule has 0 atom stereocenters. The van der Waals surface area contributed by atoms with Gasteiger partial charge in [0.05, 0.1) is 28.9 Å². The molecule has 22 heavy (non-hydrogen) atoms. The number of anilines is 1. The highest BCUT2D eigenvalue weighted by atomic mass is 79.9. The summed E-state index contributed by atoms with van der Waals surface area (Å²) in [6.45, 7) is -0.969. The molecular formula is C14H13BrN3O4-. The first-order valence-electron chi connectivity index (χ1n) is 6.32. The van der Waals surface area contributed by atoms with Crippen LogP contribution in [0.15, 0.2) is 34.9 Å². The van der Waals surface area contributed by atoms with Crippen molar-refractivity contribution in [3.05, 3.63) is 34.9 Å². The number of rotatable bonds is 6. The van der Waals surface area contributed by atoms with Gasteiger partial charge in [0.2, 0.25) is 5.91 Å². The van der Waals surface area contributed by atoms with Crippen molar-refractivity contribution in [1.29, 1.82) is 0 Å². The molecule has 0 radical (unpaired) electrons. The minimum atomic E-state index is -1.36. The zero-order valence-electron chi connectivity index (χ0n) is 11.7. The first-order chi connectivity index (χ1) is 10.5. The van der Waals surface area contributed by atoms with Crippen LogP contribution in [0, 0.1) is 0 Å². The Balaban J connectivity index is 2.06. The van der Waals surface area contributed by atoms with Gasteiger partial charge < -0.3 is 20.0 Å². The molecular weight excluding hydrogens is 354 g/mol. The lowest BCUT2D eigenvalue weighted by atomic mass is 10.1. The Labute approximate surface area is 135 Å². The van der Waals surface area contributed by atoms with E-state index in [0.29, 0.717) is 5.69 Å². The summed E-state index contributed by atoms with van der Waals surface area (Å²) in [5, 5.41) is 17.0. The van der Waals surface area contributed by atoms with Gasteiger partial charge in [-0.25, -0.2) is 0 Å². The summed E-state index contributed by atoms with van der Waals surface area (Å²) in [6, 6.07) is 7.21. The minimum absolute atomic E-state index is 0.354. The maximum atomic E-state index is 11.6. The molecule has 0 aliphatic carbocycles. The fraction of sp³-hybridized carbons (Fsp3) is 0.214. The largest absolute Gasteiger partial charge is 0.548 e. The van der Waals surface area contributed by atoms with E-state index in [0.717, 1.165) is 15.7 Å². The van der Waals surface area contributed by atoms with Crippen LogP contribution < -0.4 is 10.4 Å². The molecule has 0 unspecified atom stereocenters. The van der Waals surface area contributed by atoms with Crippen molar-refractivity contribution < 1.29 is 19.4 Å². The Morgan fingerprint density at radius 3 is 2.82 bits per heavy atom. The number of hydrogen-bond acceptors (Lipinski definition) is 5. The monoisotopic (exact) mass is 366 g/mol. The second kappa shape index (κ2) is 7.19. The molecule has 2 rings (SSSR count). The first kappa shape index (κ1) is 16.2. The van der Waals surface area contributed by atoms with Crippen molar-refractivity contribution in [3.8, 4) is 11.3 Å². The number of carbonyl (C=O) groups excluding carboxylic acids is 2. The molecule has 2 aromatic rings. The number of benzene rings is 1. The smallest absolute Gasteiger partial charge is 0.250 e. The van der Waals surface area contributed by atoms with E-state index in [9.17, 15) is 14.7 Å². The number of amides is 1. The van der Waals surface area contributed by atoms with Crippen molar-refractivity contribution in [1.82, 2.24) is 9.78 Å². The van der Waals surface area contributed by atoms with E-state index in [-0.39, 0.29) is 6.61 Å². The molecule has 0 saturated carbocycles. The lowest BCUT2D eigenvalue weighted by molar-refractivity contribution is -0.309. The van der Waals surface area contributed by atoms with E-state index in [1.807, 2.05) is 13.1 Å². The molecule has 7 nitrogen and oxygen atoms in total. The van der Waals surface area contributed by atoms with Gasteiger partial charge in [-0.1, -0.05) is 12.1 Å². The molecule has 1 amide bonds. The van der Waals surface area contributed by atoms with Gasteiger partial charge in [-0.2, -0.15) is 5.10 Å². The first-order valence-corrected chi connectivity index (χ1v) is 7.12. The average molecular weight is 367 g/mol. The standard InChI is InChI=1S/C14H14BrN3O4/c1-18-14(11(15)6-16-18)9-3-2-4-10(5-9)17-12(19)7-22-8-13(20)21/h2-6H,7-8H2,1H3,(H,17,19)(H,20,21)/p-1. The van der Waals surface area contributed by atoms with E-state index in [1.165, 1.54) is 0 Å². The number of nitrogens with zero attached hydrogens (tertiary/aromatic N) is 2. The number of hydrogen-bond donors (Lipinski definition) is 1. The third-order valence-electron chi connectivity index (χ3n) is 2.77. The summed E-state index contributed by atoms with van der Waals surface area (Å²) in [6.07, 6.45) is 1.69. The van der Waals surface area contributed by atoms with Crippen LogP contribution in [0.25, 0.3) is 11.3 Å². The predicted molar refractivity (Wildman–Crippen MR) is 80.8 cm³/mol. The molecule has 1 aromatic heterocycles. The second-order valence-corrected chi connectivity index (χ2v) is 5.31. The van der Waals surface area contributed by atoms with Crippen LogP contribution >= 0.6 is 15.9 Å². The summed E-state index contributed by atoms with van der Waals surface area (Å²) in [7, 11) is 1.82. The molecule has 1 aromatic carbocycles. The molecule has 0 spiro atoms. The van der Waals surface area contributed by atoms with Crippen LogP contribution in [0.4, 0.5) is 5.69 Å². The topological polar surface area (TPSA) is 96.3 Å². The van der Waals surface area contributed by atoms with Crippen LogP contribution in [0.3, 0.4) is 0 Å². The molecule has 8 heteroatoms. The van der Waals surface area contributed by atoms with Gasteiger partial charge >= 0.3 is 0 Å². The zero-order valence-corrected chi connectivity index (χ0v) is 13.3. The van der Waals surface area contributed by atoms with E-state index < -0.39 is 18.5 Å². The molecule has 0 aliphatic heterocycles. The SMILES string of the molecule is Cn1ncc(Br)c1-c1cccc(NC(=O)COCC(=O)[O-])c1. The molecule has 1 heterocycles. The number of ether oxygens (including phenoxy) is 1. The van der Waals surface area contributed by atoms with Crippen LogP contribution in [0.1, 0.15) is 0 Å². The van der Waals surface area contributed by atoms with Gasteiger partial charge in [-0.15, -0.1) is 0 Å². The second-order valence-electron chi connectivity index (χ2n) is 4.46. The molecule has 0 bridgehead atoms. The number of carbonyl (C=O) groups is 2. The highest BCUT2D eigenvalue weighted by Gasteiger charge is 2.10. The number of aliphatic carboxylic acids is 1. The summed E-state index contributed by atoms with van der Waals surface area (Å²) in [4.78, 5) is 21.8. The van der Waals surface area contributed by atoms with Crippen molar-refractivity contribution in [3.63, 3.8) is 0 Å². The number of aryl methyl sites for hydroxylation is 1. The van der Waals surface area contributed by atoms with Crippen LogP contribution in [-0.4, -0.2) is 34.9 Å². The van der Waals surface area contributed by atoms with Gasteiger partial charge in [0, 0.05) is 18.3 Å². The third kappa shape index (κ3) is 4.15.